The number of carbonyl (C=O) groups is 3. The number of carbonyl (C=O) groups excluding carboxylic acids is 3. The molecule has 244 valence electrons. The van der Waals surface area contributed by atoms with Gasteiger partial charge in [0, 0.05) is 76.7 Å². The van der Waals surface area contributed by atoms with Gasteiger partial charge in [0.15, 0.2) is 5.69 Å². The fourth-order valence-corrected chi connectivity index (χ4v) is 5.08. The summed E-state index contributed by atoms with van der Waals surface area (Å²) in [6.07, 6.45) is 6.13. The second kappa shape index (κ2) is 11.9. The fraction of sp³-hybridized carbons (Fsp3) is 0.613. The Kier molecular flexibility index (Phi) is 8.45. The molecule has 0 N–H and O–H groups in total. The first-order chi connectivity index (χ1) is 21.0. The van der Waals surface area contributed by atoms with Crippen molar-refractivity contribution in [1.29, 1.82) is 0 Å². The van der Waals surface area contributed by atoms with Crippen LogP contribution in [0.4, 0.5) is 9.59 Å². The van der Waals surface area contributed by atoms with Crippen LogP contribution >= 0.6 is 0 Å². The Morgan fingerprint density at radius 2 is 1.42 bits per heavy atom. The Morgan fingerprint density at radius 3 is 1.93 bits per heavy atom. The summed E-state index contributed by atoms with van der Waals surface area (Å²) in [6.45, 7) is 11.0. The molecule has 14 nitrogen and oxygen atoms in total. The van der Waals surface area contributed by atoms with Crippen molar-refractivity contribution in [2.45, 2.75) is 103 Å². The smallest absolute Gasteiger partial charge is 0.410 e. The summed E-state index contributed by atoms with van der Waals surface area (Å²) < 4.78 is 26.2. The van der Waals surface area contributed by atoms with Gasteiger partial charge in [0.1, 0.15) is 28.9 Å². The van der Waals surface area contributed by atoms with Gasteiger partial charge in [-0.1, -0.05) is 0 Å². The number of nitrogens with zero attached hydrogens (tertiary/aromatic N) is 7. The first-order valence-corrected chi connectivity index (χ1v) is 15.1. The normalized spacial score (nSPS) is 21.4. The number of aromatic nitrogens is 5. The summed E-state index contributed by atoms with van der Waals surface area (Å²) in [6, 6.07) is 1.49. The molecule has 0 aliphatic heterocycles. The zero-order valence-electron chi connectivity index (χ0n) is 27.4. The van der Waals surface area contributed by atoms with E-state index in [0.29, 0.717) is 42.8 Å². The lowest BCUT2D eigenvalue weighted by molar-refractivity contribution is -0.0330. The lowest BCUT2D eigenvalue weighted by atomic mass is 9.88. The maximum absolute atomic E-state index is 13.1. The zero-order valence-corrected chi connectivity index (χ0v) is 27.4. The number of ether oxygens (including phenoxy) is 4. The highest BCUT2D eigenvalue weighted by Gasteiger charge is 2.40. The SMILES string of the molecule is Cn1cc(-c2cn3nc(C(=O)O[C@H]4C[C@@H](N(C)C(=O)OC(C)(C)C)C4)cc3c(O[C@H]3C[C@@H](N(C)C(=O)OC(C)(C)C)C3)n2)cn1. The average Bonchev–Trinajstić information content (AvgIpc) is 3.51. The Labute approximate surface area is 262 Å². The molecule has 0 radical (unpaired) electrons. The van der Waals surface area contributed by atoms with Crippen molar-refractivity contribution in [3.05, 3.63) is 30.4 Å². The molecule has 2 fully saturated rings. The fourth-order valence-electron chi connectivity index (χ4n) is 5.08. The van der Waals surface area contributed by atoms with E-state index in [1.807, 2.05) is 54.8 Å². The molecule has 3 heterocycles. The molecule has 2 aliphatic rings. The van der Waals surface area contributed by atoms with E-state index in [-0.39, 0.29) is 36.1 Å². The average molecular weight is 626 g/mol. The number of aryl methyl sites for hydroxylation is 1. The van der Waals surface area contributed by atoms with Crippen LogP contribution in [0.1, 0.15) is 77.7 Å². The maximum atomic E-state index is 13.1. The van der Waals surface area contributed by atoms with Crippen molar-refractivity contribution in [1.82, 2.24) is 34.2 Å². The van der Waals surface area contributed by atoms with Gasteiger partial charge in [-0.05, 0) is 41.5 Å². The second-order valence-corrected chi connectivity index (χ2v) is 13.9. The monoisotopic (exact) mass is 625 g/mol. The van der Waals surface area contributed by atoms with Gasteiger partial charge in [0.05, 0.1) is 18.1 Å². The molecule has 0 saturated heterocycles. The first-order valence-electron chi connectivity index (χ1n) is 15.1. The predicted octanol–water partition coefficient (Wildman–Crippen LogP) is 4.46. The van der Waals surface area contributed by atoms with Crippen LogP contribution in [0, 0.1) is 0 Å². The minimum absolute atomic E-state index is 0.0292. The summed E-state index contributed by atoms with van der Waals surface area (Å²) in [5.41, 5.74) is 0.789. The van der Waals surface area contributed by atoms with Gasteiger partial charge in [-0.2, -0.15) is 10.2 Å². The molecule has 0 spiro atoms. The van der Waals surface area contributed by atoms with Crippen molar-refractivity contribution in [2.75, 3.05) is 14.1 Å². The van der Waals surface area contributed by atoms with E-state index in [2.05, 4.69) is 10.2 Å². The summed E-state index contributed by atoms with van der Waals surface area (Å²) in [4.78, 5) is 45.9. The zero-order chi connectivity index (χ0) is 32.8. The molecule has 0 aromatic carbocycles. The highest BCUT2D eigenvalue weighted by Crippen LogP contribution is 2.34. The third kappa shape index (κ3) is 7.48. The Hall–Kier alpha value is -4.36. The molecule has 0 unspecified atom stereocenters. The Bertz CT molecular complexity index is 1570. The van der Waals surface area contributed by atoms with Crippen molar-refractivity contribution in [3.8, 4) is 17.1 Å². The first kappa shape index (κ1) is 32.0. The molecule has 0 atom stereocenters. The van der Waals surface area contributed by atoms with Gasteiger partial charge in [-0.15, -0.1) is 0 Å². The number of hydrogen-bond donors (Lipinski definition) is 0. The van der Waals surface area contributed by atoms with Gasteiger partial charge < -0.3 is 28.7 Å². The van der Waals surface area contributed by atoms with E-state index >= 15 is 0 Å². The molecule has 2 saturated carbocycles. The Morgan fingerprint density at radius 1 is 0.867 bits per heavy atom. The van der Waals surface area contributed by atoms with Crippen LogP contribution in [0.15, 0.2) is 24.7 Å². The summed E-state index contributed by atoms with van der Waals surface area (Å²) >= 11 is 0. The quantitative estimate of drug-likeness (QED) is 0.273. The molecule has 3 aromatic heterocycles. The van der Waals surface area contributed by atoms with Gasteiger partial charge in [0.2, 0.25) is 5.88 Å². The highest BCUT2D eigenvalue weighted by molar-refractivity contribution is 5.89. The minimum atomic E-state index is -0.588. The third-order valence-electron chi connectivity index (χ3n) is 7.78. The molecule has 2 aliphatic carbocycles. The van der Waals surface area contributed by atoms with Crippen molar-refractivity contribution < 1.29 is 33.3 Å². The van der Waals surface area contributed by atoms with Gasteiger partial charge in [0.25, 0.3) is 0 Å². The van der Waals surface area contributed by atoms with E-state index in [0.717, 1.165) is 5.56 Å². The van der Waals surface area contributed by atoms with Gasteiger partial charge in [-0.25, -0.2) is 23.9 Å². The number of hydrogen-bond acceptors (Lipinski definition) is 10. The molecular formula is C31H43N7O7. The van der Waals surface area contributed by atoms with Crippen molar-refractivity contribution in [3.63, 3.8) is 0 Å². The highest BCUT2D eigenvalue weighted by atomic mass is 16.6. The van der Waals surface area contributed by atoms with E-state index < -0.39 is 23.3 Å². The van der Waals surface area contributed by atoms with Gasteiger partial charge >= 0.3 is 18.2 Å². The number of rotatable bonds is 7. The van der Waals surface area contributed by atoms with Crippen LogP contribution in [0.25, 0.3) is 16.8 Å². The molecule has 2 amide bonds. The second-order valence-electron chi connectivity index (χ2n) is 13.9. The topological polar surface area (TPSA) is 143 Å². The summed E-state index contributed by atoms with van der Waals surface area (Å²) in [5, 5.41) is 8.73. The van der Waals surface area contributed by atoms with E-state index in [4.69, 9.17) is 23.9 Å². The van der Waals surface area contributed by atoms with Gasteiger partial charge in [-0.3, -0.25) is 4.68 Å². The lowest BCUT2D eigenvalue weighted by Gasteiger charge is -2.40. The number of fused-ring (bicyclic) bond motifs is 1. The van der Waals surface area contributed by atoms with Crippen LogP contribution in [-0.4, -0.2) is 102 Å². The van der Waals surface area contributed by atoms with E-state index in [1.165, 1.54) is 0 Å². The number of esters is 1. The van der Waals surface area contributed by atoms with Crippen molar-refractivity contribution >= 4 is 23.7 Å². The van der Waals surface area contributed by atoms with Crippen LogP contribution in [-0.2, 0) is 21.3 Å². The standard InChI is InChI=1S/C31H43N7O7/c1-30(2,3)44-28(40)36(8)19-10-21(11-19)42-26-25-14-23(34-38(25)17-24(33-26)18-15-32-35(7)16-18)27(39)43-22-12-20(13-22)37(9)29(41)45-31(4,5)6/h14-17,19-22H,10-13H2,1-9H3/t19-,20-,21+,22+. The lowest BCUT2D eigenvalue weighted by Crippen LogP contribution is -2.51. The minimum Gasteiger partial charge on any atom is -0.473 e. The summed E-state index contributed by atoms with van der Waals surface area (Å²) in [7, 11) is 5.23. The van der Waals surface area contributed by atoms with Crippen LogP contribution < -0.4 is 4.74 Å². The molecular weight excluding hydrogens is 582 g/mol. The predicted molar refractivity (Wildman–Crippen MR) is 163 cm³/mol. The largest absolute Gasteiger partial charge is 0.473 e. The molecule has 5 rings (SSSR count). The van der Waals surface area contributed by atoms with E-state index in [9.17, 15) is 14.4 Å². The molecule has 45 heavy (non-hydrogen) atoms. The Balaban J connectivity index is 1.27. The van der Waals surface area contributed by atoms with Crippen LogP contribution in [0.2, 0.25) is 0 Å². The summed E-state index contributed by atoms with van der Waals surface area (Å²) in [5.74, 6) is -0.257. The number of amides is 2. The van der Waals surface area contributed by atoms with Crippen LogP contribution in [0.3, 0.4) is 0 Å². The molecule has 3 aromatic rings. The van der Waals surface area contributed by atoms with Crippen molar-refractivity contribution in [2.24, 2.45) is 7.05 Å². The maximum Gasteiger partial charge on any atom is 0.410 e. The van der Waals surface area contributed by atoms with Crippen LogP contribution in [0.5, 0.6) is 5.88 Å². The van der Waals surface area contributed by atoms with E-state index in [1.54, 1.807) is 51.6 Å². The molecule has 0 bridgehead atoms. The third-order valence-corrected chi connectivity index (χ3v) is 7.78. The molecule has 14 heteroatoms.